The Labute approximate surface area is 127 Å². The molecule has 3 unspecified atom stereocenters. The highest BCUT2D eigenvalue weighted by molar-refractivity contribution is 5.79. The summed E-state index contributed by atoms with van der Waals surface area (Å²) >= 11 is 0. The van der Waals surface area contributed by atoms with Crippen LogP contribution in [0.1, 0.15) is 38.3 Å². The summed E-state index contributed by atoms with van der Waals surface area (Å²) in [6.07, 6.45) is 2.56. The summed E-state index contributed by atoms with van der Waals surface area (Å²) < 4.78 is 0. The number of carbonyl (C=O) groups is 1. The summed E-state index contributed by atoms with van der Waals surface area (Å²) in [6.45, 7) is 4.72. The molecule has 0 bridgehead atoms. The van der Waals surface area contributed by atoms with E-state index in [9.17, 15) is 4.79 Å². The van der Waals surface area contributed by atoms with Gasteiger partial charge in [0, 0.05) is 24.7 Å². The minimum Gasteiger partial charge on any atom is -0.354 e. The minimum atomic E-state index is -0.261. The minimum absolute atomic E-state index is 0.0300. The third-order valence-corrected chi connectivity index (χ3v) is 4.53. The normalized spacial score (nSPS) is 19.1. The van der Waals surface area contributed by atoms with Gasteiger partial charge in [-0.25, -0.2) is 0 Å². The van der Waals surface area contributed by atoms with Crippen molar-refractivity contribution in [2.24, 2.45) is 11.7 Å². The Kier molecular flexibility index (Phi) is 5.37. The van der Waals surface area contributed by atoms with Gasteiger partial charge in [-0.05, 0) is 32.4 Å². The van der Waals surface area contributed by atoms with Gasteiger partial charge >= 0.3 is 0 Å². The van der Waals surface area contributed by atoms with Crippen LogP contribution in [0.4, 0.5) is 0 Å². The summed E-state index contributed by atoms with van der Waals surface area (Å²) in [4.78, 5) is 14.6. The van der Waals surface area contributed by atoms with Gasteiger partial charge in [-0.1, -0.05) is 37.3 Å². The van der Waals surface area contributed by atoms with Crippen LogP contribution in [0.15, 0.2) is 30.3 Å². The van der Waals surface area contributed by atoms with Gasteiger partial charge in [-0.15, -0.1) is 0 Å². The molecule has 1 aliphatic rings. The summed E-state index contributed by atoms with van der Waals surface area (Å²) in [5.41, 5.74) is 7.20. The topological polar surface area (TPSA) is 58.4 Å². The highest BCUT2D eigenvalue weighted by Crippen LogP contribution is 2.26. The van der Waals surface area contributed by atoms with E-state index in [0.717, 1.165) is 5.56 Å². The van der Waals surface area contributed by atoms with E-state index in [1.807, 2.05) is 37.3 Å². The number of amides is 1. The van der Waals surface area contributed by atoms with Gasteiger partial charge in [0.15, 0.2) is 0 Å². The molecule has 116 valence electrons. The molecular formula is C17H27N3O. The van der Waals surface area contributed by atoms with E-state index in [2.05, 4.69) is 24.2 Å². The lowest BCUT2D eigenvalue weighted by molar-refractivity contribution is -0.125. The second-order valence-corrected chi connectivity index (χ2v) is 6.22. The second-order valence-electron chi connectivity index (χ2n) is 6.22. The molecule has 0 radical (unpaired) electrons. The van der Waals surface area contributed by atoms with Crippen LogP contribution in [0.2, 0.25) is 0 Å². The second kappa shape index (κ2) is 7.05. The van der Waals surface area contributed by atoms with Crippen molar-refractivity contribution in [1.29, 1.82) is 0 Å². The molecule has 0 spiro atoms. The number of hydrogen-bond acceptors (Lipinski definition) is 3. The Hall–Kier alpha value is -1.39. The summed E-state index contributed by atoms with van der Waals surface area (Å²) in [5, 5.41) is 3.04. The lowest BCUT2D eigenvalue weighted by Crippen LogP contribution is -2.44. The van der Waals surface area contributed by atoms with Crippen molar-refractivity contribution in [3.8, 4) is 0 Å². The molecule has 1 aliphatic carbocycles. The predicted octanol–water partition coefficient (Wildman–Crippen LogP) is 1.92. The monoisotopic (exact) mass is 289 g/mol. The van der Waals surface area contributed by atoms with Crippen molar-refractivity contribution < 1.29 is 4.79 Å². The van der Waals surface area contributed by atoms with Gasteiger partial charge in [0.05, 0.1) is 5.92 Å². The predicted molar refractivity (Wildman–Crippen MR) is 85.8 cm³/mol. The summed E-state index contributed by atoms with van der Waals surface area (Å²) in [6, 6.07) is 10.6. The van der Waals surface area contributed by atoms with Crippen LogP contribution in [0.3, 0.4) is 0 Å². The number of likely N-dealkylation sites (N-methyl/N-ethyl adjacent to an activating group) is 1. The quantitative estimate of drug-likeness (QED) is 0.806. The highest BCUT2D eigenvalue weighted by atomic mass is 16.1. The average molecular weight is 289 g/mol. The fourth-order valence-electron chi connectivity index (χ4n) is 2.52. The number of nitrogens with two attached hydrogens (primary N) is 1. The lowest BCUT2D eigenvalue weighted by Gasteiger charge is -2.26. The maximum atomic E-state index is 12.3. The van der Waals surface area contributed by atoms with Crippen LogP contribution in [0.25, 0.3) is 0 Å². The zero-order valence-corrected chi connectivity index (χ0v) is 13.3. The maximum Gasteiger partial charge on any atom is 0.224 e. The third kappa shape index (κ3) is 4.29. The van der Waals surface area contributed by atoms with Crippen LogP contribution >= 0.6 is 0 Å². The maximum absolute atomic E-state index is 12.3. The molecule has 2 rings (SSSR count). The first-order valence-electron chi connectivity index (χ1n) is 7.81. The summed E-state index contributed by atoms with van der Waals surface area (Å²) in [7, 11) is 2.13. The SMILES string of the molecule is CC(C(=O)NCC(C)N(C)C1CC1)C(N)c1ccccc1. The molecule has 0 heterocycles. The number of nitrogens with one attached hydrogen (secondary N) is 1. The van der Waals surface area contributed by atoms with Crippen molar-refractivity contribution in [3.05, 3.63) is 35.9 Å². The molecule has 1 aromatic rings. The molecule has 4 nitrogen and oxygen atoms in total. The third-order valence-electron chi connectivity index (χ3n) is 4.53. The number of carbonyl (C=O) groups excluding carboxylic acids is 1. The molecule has 0 aliphatic heterocycles. The van der Waals surface area contributed by atoms with Gasteiger partial charge in [0.25, 0.3) is 0 Å². The zero-order chi connectivity index (χ0) is 15.4. The van der Waals surface area contributed by atoms with E-state index in [1.165, 1.54) is 12.8 Å². The van der Waals surface area contributed by atoms with Gasteiger partial charge in [-0.2, -0.15) is 0 Å². The number of rotatable bonds is 7. The molecule has 1 fully saturated rings. The van der Waals surface area contributed by atoms with Gasteiger partial charge in [0.1, 0.15) is 0 Å². The Morgan fingerprint density at radius 1 is 1.33 bits per heavy atom. The van der Waals surface area contributed by atoms with Gasteiger partial charge < -0.3 is 11.1 Å². The van der Waals surface area contributed by atoms with Crippen molar-refractivity contribution in [2.75, 3.05) is 13.6 Å². The molecule has 0 saturated heterocycles. The Balaban J connectivity index is 1.82. The Morgan fingerprint density at radius 3 is 2.52 bits per heavy atom. The molecule has 3 atom stereocenters. The van der Waals surface area contributed by atoms with Crippen LogP contribution < -0.4 is 11.1 Å². The highest BCUT2D eigenvalue weighted by Gasteiger charge is 2.29. The van der Waals surface area contributed by atoms with E-state index < -0.39 is 0 Å². The van der Waals surface area contributed by atoms with E-state index in [4.69, 9.17) is 5.73 Å². The molecular weight excluding hydrogens is 262 g/mol. The first-order valence-corrected chi connectivity index (χ1v) is 7.81. The first kappa shape index (κ1) is 16.0. The molecule has 21 heavy (non-hydrogen) atoms. The van der Waals surface area contributed by atoms with E-state index >= 15 is 0 Å². The molecule has 4 heteroatoms. The van der Waals surface area contributed by atoms with Crippen molar-refractivity contribution >= 4 is 5.91 Å². The first-order chi connectivity index (χ1) is 10.0. The van der Waals surface area contributed by atoms with Crippen LogP contribution in [-0.2, 0) is 4.79 Å². The summed E-state index contributed by atoms with van der Waals surface area (Å²) in [5.74, 6) is -0.201. The molecule has 0 aromatic heterocycles. The van der Waals surface area contributed by atoms with Gasteiger partial charge in [-0.3, -0.25) is 9.69 Å². The van der Waals surface area contributed by atoms with E-state index in [0.29, 0.717) is 18.6 Å². The molecule has 1 amide bonds. The van der Waals surface area contributed by atoms with Crippen LogP contribution in [0, 0.1) is 5.92 Å². The van der Waals surface area contributed by atoms with Gasteiger partial charge in [0.2, 0.25) is 5.91 Å². The van der Waals surface area contributed by atoms with E-state index in [-0.39, 0.29) is 17.9 Å². The lowest BCUT2D eigenvalue weighted by atomic mass is 9.94. The Morgan fingerprint density at radius 2 is 1.95 bits per heavy atom. The number of nitrogens with zero attached hydrogens (tertiary/aromatic N) is 1. The largest absolute Gasteiger partial charge is 0.354 e. The number of benzene rings is 1. The number of hydrogen-bond donors (Lipinski definition) is 2. The molecule has 1 aromatic carbocycles. The standard InChI is InChI=1S/C17H27N3O/c1-12(20(3)15-9-10-15)11-19-17(21)13(2)16(18)14-7-5-4-6-8-14/h4-8,12-13,15-16H,9-11,18H2,1-3H3,(H,19,21). The molecule has 1 saturated carbocycles. The average Bonchev–Trinajstić information content (AvgIpc) is 3.35. The van der Waals surface area contributed by atoms with Crippen molar-refractivity contribution in [1.82, 2.24) is 10.2 Å². The molecule has 3 N–H and O–H groups in total. The fourth-order valence-corrected chi connectivity index (χ4v) is 2.52. The van der Waals surface area contributed by atoms with Crippen LogP contribution in [-0.4, -0.2) is 36.5 Å². The van der Waals surface area contributed by atoms with Crippen LogP contribution in [0.5, 0.6) is 0 Å². The Bertz CT molecular complexity index is 458. The zero-order valence-electron chi connectivity index (χ0n) is 13.3. The van der Waals surface area contributed by atoms with Crippen molar-refractivity contribution in [2.45, 2.75) is 44.8 Å². The van der Waals surface area contributed by atoms with E-state index in [1.54, 1.807) is 0 Å². The van der Waals surface area contributed by atoms with Crippen molar-refractivity contribution in [3.63, 3.8) is 0 Å². The smallest absolute Gasteiger partial charge is 0.224 e. The fraction of sp³-hybridized carbons (Fsp3) is 0.588.